The monoisotopic (exact) mass is 379 g/mol. The second-order valence-electron chi connectivity index (χ2n) is 6.10. The Labute approximate surface area is 154 Å². The molecular weight excluding hydrogens is 362 g/mol. The molecule has 0 radical (unpaired) electrons. The second kappa shape index (κ2) is 7.30. The molecule has 1 aromatic carbocycles. The lowest BCUT2D eigenvalue weighted by molar-refractivity contribution is -0.121. The molecule has 3 rings (SSSR count). The minimum atomic E-state index is -0.689. The first kappa shape index (κ1) is 17.5. The van der Waals surface area contributed by atoms with Crippen LogP contribution >= 0.6 is 34.7 Å². The Hall–Kier alpha value is -1.29. The minimum Gasteiger partial charge on any atom is -0.337 e. The van der Waals surface area contributed by atoms with Crippen LogP contribution in [-0.4, -0.2) is 21.7 Å². The number of halogens is 1. The average Bonchev–Trinajstić information content (AvgIpc) is 2.96. The van der Waals surface area contributed by atoms with Gasteiger partial charge in [0.05, 0.1) is 21.5 Å². The first-order valence-corrected chi connectivity index (χ1v) is 10.0. The van der Waals surface area contributed by atoms with E-state index in [0.29, 0.717) is 5.02 Å². The number of carbonyl (C=O) groups is 1. The van der Waals surface area contributed by atoms with Gasteiger partial charge >= 0.3 is 0 Å². The fourth-order valence-corrected chi connectivity index (χ4v) is 5.25. The lowest BCUT2D eigenvalue weighted by Gasteiger charge is -2.32. The van der Waals surface area contributed by atoms with E-state index in [2.05, 4.69) is 16.4 Å². The van der Waals surface area contributed by atoms with Crippen LogP contribution in [0.15, 0.2) is 22.5 Å². The third kappa shape index (κ3) is 3.85. The molecule has 1 saturated carbocycles. The van der Waals surface area contributed by atoms with Gasteiger partial charge in [-0.25, -0.2) is 4.98 Å². The Morgan fingerprint density at radius 1 is 1.46 bits per heavy atom. The SMILES string of the molecule is C[C@H](Sc1nc2cc(Cl)ccc2s1)C(=O)NC1(C#N)CCCCC1. The van der Waals surface area contributed by atoms with E-state index in [0.717, 1.165) is 46.7 Å². The van der Waals surface area contributed by atoms with Crippen LogP contribution in [0.5, 0.6) is 0 Å². The molecule has 7 heteroatoms. The van der Waals surface area contributed by atoms with Crippen molar-refractivity contribution in [1.29, 1.82) is 5.26 Å². The summed E-state index contributed by atoms with van der Waals surface area (Å²) < 4.78 is 1.89. The summed E-state index contributed by atoms with van der Waals surface area (Å²) in [5.74, 6) is -0.0965. The first-order valence-electron chi connectivity index (χ1n) is 7.97. The highest BCUT2D eigenvalue weighted by atomic mass is 35.5. The van der Waals surface area contributed by atoms with Crippen LogP contribution in [0.4, 0.5) is 0 Å². The standard InChI is InChI=1S/C17H18ClN3OS2/c1-11(15(22)21-17(10-19)7-3-2-4-8-17)23-16-20-13-9-12(18)5-6-14(13)24-16/h5-6,9,11H,2-4,7-8H2,1H3,(H,21,22)/t11-/m0/s1. The molecule has 1 atom stereocenters. The zero-order valence-corrected chi connectivity index (χ0v) is 15.7. The van der Waals surface area contributed by atoms with Gasteiger partial charge in [0, 0.05) is 5.02 Å². The highest BCUT2D eigenvalue weighted by molar-refractivity contribution is 8.02. The number of thioether (sulfide) groups is 1. The summed E-state index contributed by atoms with van der Waals surface area (Å²) in [5, 5.41) is 12.8. The van der Waals surface area contributed by atoms with Crippen molar-refractivity contribution in [2.24, 2.45) is 0 Å². The maximum Gasteiger partial charge on any atom is 0.234 e. The maximum absolute atomic E-state index is 12.5. The van der Waals surface area contributed by atoms with E-state index in [1.165, 1.54) is 11.8 Å². The summed E-state index contributed by atoms with van der Waals surface area (Å²) >= 11 is 8.96. The molecule has 126 valence electrons. The Kier molecular flexibility index (Phi) is 5.33. The van der Waals surface area contributed by atoms with E-state index >= 15 is 0 Å². The number of nitrogens with zero attached hydrogens (tertiary/aromatic N) is 2. The second-order valence-corrected chi connectivity index (χ2v) is 9.15. The molecule has 24 heavy (non-hydrogen) atoms. The number of rotatable bonds is 4. The quantitative estimate of drug-likeness (QED) is 0.777. The number of benzene rings is 1. The highest BCUT2D eigenvalue weighted by Gasteiger charge is 2.35. The molecule has 1 heterocycles. The van der Waals surface area contributed by atoms with Gasteiger partial charge in [-0.1, -0.05) is 42.6 Å². The van der Waals surface area contributed by atoms with Crippen molar-refractivity contribution in [2.45, 2.75) is 54.2 Å². The molecule has 0 aliphatic heterocycles. The third-order valence-corrected chi connectivity index (χ3v) is 6.73. The summed E-state index contributed by atoms with van der Waals surface area (Å²) in [6.45, 7) is 1.85. The van der Waals surface area contributed by atoms with Gasteiger partial charge < -0.3 is 5.32 Å². The zero-order chi connectivity index (χ0) is 17.2. The predicted octanol–water partition coefficient (Wildman–Crippen LogP) is 4.77. The number of nitrogens with one attached hydrogen (secondary N) is 1. The summed E-state index contributed by atoms with van der Waals surface area (Å²) in [7, 11) is 0. The molecule has 1 aromatic heterocycles. The van der Waals surface area contributed by atoms with E-state index in [9.17, 15) is 10.1 Å². The predicted molar refractivity (Wildman–Crippen MR) is 99.5 cm³/mol. The average molecular weight is 380 g/mol. The maximum atomic E-state index is 12.5. The van der Waals surface area contributed by atoms with Gasteiger partial charge in [-0.2, -0.15) is 5.26 Å². The first-order chi connectivity index (χ1) is 11.5. The summed E-state index contributed by atoms with van der Waals surface area (Å²) in [6.07, 6.45) is 4.61. The molecule has 1 amide bonds. The highest BCUT2D eigenvalue weighted by Crippen LogP contribution is 2.34. The van der Waals surface area contributed by atoms with Crippen molar-refractivity contribution in [2.75, 3.05) is 0 Å². The van der Waals surface area contributed by atoms with Crippen LogP contribution in [0.25, 0.3) is 10.2 Å². The molecule has 1 N–H and O–H groups in total. The van der Waals surface area contributed by atoms with Crippen LogP contribution in [0.3, 0.4) is 0 Å². The number of aromatic nitrogens is 1. The van der Waals surface area contributed by atoms with Crippen LogP contribution in [-0.2, 0) is 4.79 Å². The van der Waals surface area contributed by atoms with E-state index in [1.807, 2.05) is 25.1 Å². The van der Waals surface area contributed by atoms with E-state index in [1.54, 1.807) is 11.3 Å². The number of thiazole rings is 1. The van der Waals surface area contributed by atoms with Gasteiger partial charge in [-0.15, -0.1) is 11.3 Å². The lowest BCUT2D eigenvalue weighted by Crippen LogP contribution is -2.50. The summed E-state index contributed by atoms with van der Waals surface area (Å²) in [6, 6.07) is 7.94. The fraction of sp³-hybridized carbons (Fsp3) is 0.471. The molecule has 0 spiro atoms. The Balaban J connectivity index is 1.67. The van der Waals surface area contributed by atoms with Gasteiger partial charge in [0.25, 0.3) is 0 Å². The van der Waals surface area contributed by atoms with Gasteiger partial charge in [-0.05, 0) is 38.0 Å². The van der Waals surface area contributed by atoms with Crippen LogP contribution in [0.2, 0.25) is 5.02 Å². The third-order valence-electron chi connectivity index (χ3n) is 4.26. The molecule has 1 aliphatic carbocycles. The van der Waals surface area contributed by atoms with Crippen LogP contribution in [0, 0.1) is 11.3 Å². The number of nitriles is 1. The van der Waals surface area contributed by atoms with Crippen LogP contribution < -0.4 is 5.32 Å². The molecule has 1 fully saturated rings. The molecule has 0 unspecified atom stereocenters. The van der Waals surface area contributed by atoms with Crippen molar-refractivity contribution >= 4 is 50.8 Å². The molecule has 0 saturated heterocycles. The smallest absolute Gasteiger partial charge is 0.234 e. The summed E-state index contributed by atoms with van der Waals surface area (Å²) in [4.78, 5) is 17.1. The molecule has 0 bridgehead atoms. The number of amides is 1. The summed E-state index contributed by atoms with van der Waals surface area (Å²) in [5.41, 5.74) is 0.161. The number of hydrogen-bond acceptors (Lipinski definition) is 5. The van der Waals surface area contributed by atoms with Crippen molar-refractivity contribution in [1.82, 2.24) is 10.3 Å². The van der Waals surface area contributed by atoms with Crippen molar-refractivity contribution < 1.29 is 4.79 Å². The van der Waals surface area contributed by atoms with Gasteiger partial charge in [0.15, 0.2) is 4.34 Å². The van der Waals surface area contributed by atoms with Gasteiger partial charge in [0.1, 0.15) is 5.54 Å². The number of hydrogen-bond donors (Lipinski definition) is 1. The lowest BCUT2D eigenvalue weighted by atomic mass is 9.83. The van der Waals surface area contributed by atoms with Crippen molar-refractivity contribution in [3.63, 3.8) is 0 Å². The van der Waals surface area contributed by atoms with E-state index in [-0.39, 0.29) is 11.2 Å². The van der Waals surface area contributed by atoms with E-state index < -0.39 is 5.54 Å². The van der Waals surface area contributed by atoms with Crippen molar-refractivity contribution in [3.05, 3.63) is 23.2 Å². The zero-order valence-electron chi connectivity index (χ0n) is 13.3. The Bertz CT molecular complexity index is 793. The molecule has 4 nitrogen and oxygen atoms in total. The topological polar surface area (TPSA) is 65.8 Å². The van der Waals surface area contributed by atoms with Crippen LogP contribution in [0.1, 0.15) is 39.0 Å². The van der Waals surface area contributed by atoms with Gasteiger partial charge in [0.2, 0.25) is 5.91 Å². The number of carbonyl (C=O) groups excluding carboxylic acids is 1. The Morgan fingerprint density at radius 2 is 2.21 bits per heavy atom. The largest absolute Gasteiger partial charge is 0.337 e. The molecular formula is C17H18ClN3OS2. The molecule has 1 aliphatic rings. The normalized spacial score (nSPS) is 18.0. The Morgan fingerprint density at radius 3 is 2.92 bits per heavy atom. The van der Waals surface area contributed by atoms with E-state index in [4.69, 9.17) is 11.6 Å². The van der Waals surface area contributed by atoms with Gasteiger partial charge in [-0.3, -0.25) is 4.79 Å². The minimum absolute atomic E-state index is 0.0965. The molecule has 2 aromatic rings. The fourth-order valence-electron chi connectivity index (χ4n) is 2.89. The number of fused-ring (bicyclic) bond motifs is 1. The van der Waals surface area contributed by atoms with Crippen molar-refractivity contribution in [3.8, 4) is 6.07 Å².